The number of aromatic amines is 1. The Balaban J connectivity index is 1.18. The van der Waals surface area contributed by atoms with Crippen molar-refractivity contribution >= 4 is 53.3 Å². The van der Waals surface area contributed by atoms with Crippen LogP contribution in [0.15, 0.2) is 158 Å². The van der Waals surface area contributed by atoms with Crippen LogP contribution in [0.1, 0.15) is 0 Å². The van der Waals surface area contributed by atoms with Gasteiger partial charge in [0.05, 0.1) is 5.52 Å². The highest BCUT2D eigenvalue weighted by atomic mass is 32.1. The van der Waals surface area contributed by atoms with Crippen LogP contribution in [0.25, 0.3) is 86.5 Å². The van der Waals surface area contributed by atoms with Crippen molar-refractivity contribution < 1.29 is 0 Å². The summed E-state index contributed by atoms with van der Waals surface area (Å²) in [4.78, 5) is 3.74. The molecule has 0 unspecified atom stereocenters. The topological polar surface area (TPSA) is 15.8 Å². The van der Waals surface area contributed by atoms with Gasteiger partial charge in [0.25, 0.3) is 0 Å². The molecule has 0 aliphatic heterocycles. The third-order valence-electron chi connectivity index (χ3n) is 8.80. The second-order valence-corrected chi connectivity index (χ2v) is 12.5. The molecule has 0 radical (unpaired) electrons. The first-order valence-corrected chi connectivity index (χ1v) is 15.8. The van der Waals surface area contributed by atoms with Crippen molar-refractivity contribution in [3.63, 3.8) is 0 Å². The van der Waals surface area contributed by atoms with Crippen molar-refractivity contribution in [3.8, 4) is 44.5 Å². The number of aromatic nitrogens is 1. The molecule has 1 nitrogen and oxygen atoms in total. The van der Waals surface area contributed by atoms with Crippen LogP contribution in [-0.2, 0) is 0 Å². The molecule has 7 aromatic carbocycles. The molecule has 2 aromatic heterocycles. The van der Waals surface area contributed by atoms with Gasteiger partial charge in [-0.25, -0.2) is 0 Å². The van der Waals surface area contributed by atoms with Gasteiger partial charge >= 0.3 is 0 Å². The van der Waals surface area contributed by atoms with E-state index in [0.29, 0.717) is 0 Å². The molecule has 0 atom stereocenters. The van der Waals surface area contributed by atoms with E-state index in [9.17, 15) is 0 Å². The Labute approximate surface area is 259 Å². The average Bonchev–Trinajstić information content (AvgIpc) is 3.66. The number of hydrogen-bond acceptors (Lipinski definition) is 1. The zero-order valence-corrected chi connectivity index (χ0v) is 24.7. The largest absolute Gasteiger partial charge is 0.354 e. The molecule has 9 aromatic rings. The second-order valence-electron chi connectivity index (χ2n) is 11.5. The number of benzene rings is 7. The molecule has 0 aliphatic rings. The number of rotatable bonds is 4. The predicted molar refractivity (Wildman–Crippen MR) is 190 cm³/mol. The van der Waals surface area contributed by atoms with Crippen LogP contribution in [0.5, 0.6) is 0 Å². The monoisotopic (exact) mass is 577 g/mol. The van der Waals surface area contributed by atoms with Gasteiger partial charge in [0.2, 0.25) is 0 Å². The zero-order chi connectivity index (χ0) is 29.0. The first-order chi connectivity index (χ1) is 21.8. The molecule has 206 valence electrons. The van der Waals surface area contributed by atoms with Crippen molar-refractivity contribution in [3.05, 3.63) is 158 Å². The van der Waals surface area contributed by atoms with Crippen LogP contribution in [0.3, 0.4) is 0 Å². The molecule has 44 heavy (non-hydrogen) atoms. The Morgan fingerprint density at radius 2 is 0.932 bits per heavy atom. The summed E-state index contributed by atoms with van der Waals surface area (Å²) in [5, 5.41) is 5.16. The van der Waals surface area contributed by atoms with E-state index >= 15 is 0 Å². The highest BCUT2D eigenvalue weighted by Gasteiger charge is 2.14. The number of para-hydroxylation sites is 1. The number of H-pyrrole nitrogens is 1. The van der Waals surface area contributed by atoms with E-state index in [4.69, 9.17) is 0 Å². The zero-order valence-electron chi connectivity index (χ0n) is 23.9. The van der Waals surface area contributed by atoms with E-state index in [-0.39, 0.29) is 0 Å². The van der Waals surface area contributed by atoms with Crippen LogP contribution >= 0.6 is 11.3 Å². The summed E-state index contributed by atoms with van der Waals surface area (Å²) < 4.78 is 2.67. The van der Waals surface area contributed by atoms with E-state index in [1.807, 2.05) is 11.3 Å². The minimum Gasteiger partial charge on any atom is -0.354 e. The van der Waals surface area contributed by atoms with Crippen LogP contribution in [0, 0.1) is 0 Å². The second kappa shape index (κ2) is 10.1. The molecular weight excluding hydrogens is 551 g/mol. The Morgan fingerprint density at radius 1 is 0.341 bits per heavy atom. The Kier molecular flexibility index (Phi) is 5.75. The molecule has 2 heteroatoms. The first-order valence-electron chi connectivity index (χ1n) is 15.0. The molecule has 0 amide bonds. The Bertz CT molecular complexity index is 2500. The Hall–Kier alpha value is -5.44. The average molecular weight is 578 g/mol. The molecule has 0 bridgehead atoms. The predicted octanol–water partition coefficient (Wildman–Crippen LogP) is 12.4. The normalized spacial score (nSPS) is 11.6. The molecule has 0 aliphatic carbocycles. The summed E-state index contributed by atoms with van der Waals surface area (Å²) in [7, 11) is 0. The van der Waals surface area contributed by atoms with Crippen molar-refractivity contribution in [2.45, 2.75) is 0 Å². The molecule has 0 spiro atoms. The molecule has 2 heterocycles. The van der Waals surface area contributed by atoms with Crippen LogP contribution in [-0.4, -0.2) is 4.98 Å². The van der Waals surface area contributed by atoms with Gasteiger partial charge in [-0.2, -0.15) is 0 Å². The number of nitrogens with one attached hydrogen (secondary N) is 1. The maximum absolute atomic E-state index is 3.74. The number of thiophene rings is 1. The molecule has 9 rings (SSSR count). The molecule has 0 fully saturated rings. The summed E-state index contributed by atoms with van der Waals surface area (Å²) in [6, 6.07) is 57.5. The fourth-order valence-electron chi connectivity index (χ4n) is 6.63. The van der Waals surface area contributed by atoms with Gasteiger partial charge < -0.3 is 4.98 Å². The molecular formula is C42H27NS. The summed E-state index contributed by atoms with van der Waals surface area (Å²) >= 11 is 1.86. The SMILES string of the molecule is c1ccc(-c2cc(-c3cccc(-c4cccc(-c5ccc6sc7ccccc7c6c5)c4)c3)c3[nH]c4ccccc4c3c2)cc1. The quantitative estimate of drug-likeness (QED) is 0.214. The maximum Gasteiger partial charge on any atom is 0.0544 e. The third-order valence-corrected chi connectivity index (χ3v) is 9.95. The van der Waals surface area contributed by atoms with E-state index in [1.165, 1.54) is 81.0 Å². The highest BCUT2D eigenvalue weighted by molar-refractivity contribution is 7.25. The molecule has 1 N–H and O–H groups in total. The fraction of sp³-hybridized carbons (Fsp3) is 0. The fourth-order valence-corrected chi connectivity index (χ4v) is 7.71. The summed E-state index contributed by atoms with van der Waals surface area (Å²) in [6.45, 7) is 0. The number of hydrogen-bond donors (Lipinski definition) is 1. The van der Waals surface area contributed by atoms with Crippen LogP contribution in [0.4, 0.5) is 0 Å². The van der Waals surface area contributed by atoms with E-state index in [1.54, 1.807) is 0 Å². The first kappa shape index (κ1) is 25.1. The lowest BCUT2D eigenvalue weighted by molar-refractivity contribution is 1.53. The minimum absolute atomic E-state index is 1.16. The lowest BCUT2D eigenvalue weighted by atomic mass is 9.93. The Morgan fingerprint density at radius 3 is 1.75 bits per heavy atom. The van der Waals surface area contributed by atoms with Gasteiger partial charge in [-0.1, -0.05) is 109 Å². The van der Waals surface area contributed by atoms with Crippen molar-refractivity contribution in [2.24, 2.45) is 0 Å². The van der Waals surface area contributed by atoms with E-state index in [2.05, 4.69) is 163 Å². The van der Waals surface area contributed by atoms with Crippen LogP contribution in [0.2, 0.25) is 0 Å². The van der Waals surface area contributed by atoms with Gasteiger partial charge in [-0.3, -0.25) is 0 Å². The summed E-state index contributed by atoms with van der Waals surface area (Å²) in [5.74, 6) is 0. The van der Waals surface area contributed by atoms with Gasteiger partial charge in [0.1, 0.15) is 0 Å². The van der Waals surface area contributed by atoms with Crippen molar-refractivity contribution in [1.82, 2.24) is 4.98 Å². The highest BCUT2D eigenvalue weighted by Crippen LogP contribution is 2.40. The standard InChI is InChI=1S/C42H27NS/c1-2-10-27(11-3-1)33-25-36(42-38(26-33)34-16-4-6-18-39(34)43-42)32-15-9-14-30(23-32)28-12-8-13-29(22-28)31-20-21-41-37(24-31)35-17-5-7-19-40(35)44-41/h1-26,43H. The van der Waals surface area contributed by atoms with E-state index in [0.717, 1.165) is 5.52 Å². The molecule has 0 saturated heterocycles. The van der Waals surface area contributed by atoms with Gasteiger partial charge in [0.15, 0.2) is 0 Å². The summed E-state index contributed by atoms with van der Waals surface area (Å²) in [5.41, 5.74) is 12.1. The molecule has 0 saturated carbocycles. The smallest absolute Gasteiger partial charge is 0.0544 e. The van der Waals surface area contributed by atoms with Crippen molar-refractivity contribution in [1.29, 1.82) is 0 Å². The minimum atomic E-state index is 1.16. The van der Waals surface area contributed by atoms with Gasteiger partial charge in [-0.15, -0.1) is 11.3 Å². The van der Waals surface area contributed by atoms with Crippen molar-refractivity contribution in [2.75, 3.05) is 0 Å². The van der Waals surface area contributed by atoms with E-state index < -0.39 is 0 Å². The van der Waals surface area contributed by atoms with Gasteiger partial charge in [-0.05, 0) is 87.5 Å². The summed E-state index contributed by atoms with van der Waals surface area (Å²) in [6.07, 6.45) is 0. The lowest BCUT2D eigenvalue weighted by Gasteiger charge is -2.12. The third kappa shape index (κ3) is 4.15. The van der Waals surface area contributed by atoms with Crippen LogP contribution < -0.4 is 0 Å². The number of fused-ring (bicyclic) bond motifs is 6. The van der Waals surface area contributed by atoms with Gasteiger partial charge in [0, 0.05) is 42.0 Å². The maximum atomic E-state index is 3.74. The lowest BCUT2D eigenvalue weighted by Crippen LogP contribution is -1.87.